The molecule has 170 valence electrons. The fourth-order valence-electron chi connectivity index (χ4n) is 2.84. The summed E-state index contributed by atoms with van der Waals surface area (Å²) in [6.07, 6.45) is 1.43. The van der Waals surface area contributed by atoms with Crippen molar-refractivity contribution in [3.8, 4) is 23.0 Å². The van der Waals surface area contributed by atoms with Crippen LogP contribution in [-0.2, 0) is 0 Å². The normalized spacial score (nSPS) is 10.5. The Kier molecular flexibility index (Phi) is 7.88. The molecule has 3 aromatic carbocycles. The van der Waals surface area contributed by atoms with Gasteiger partial charge in [0.05, 0.1) is 38.1 Å². The molecular formula is C24H21ClN2O6. The number of rotatable bonds is 8. The molecule has 3 rings (SSSR count). The number of ether oxygens (including phenoxy) is 4. The first-order valence-electron chi connectivity index (χ1n) is 9.67. The lowest BCUT2D eigenvalue weighted by molar-refractivity contribution is 0.0729. The van der Waals surface area contributed by atoms with E-state index in [2.05, 4.69) is 10.5 Å². The highest BCUT2D eigenvalue weighted by Crippen LogP contribution is 2.29. The smallest absolute Gasteiger partial charge is 0.345 e. The van der Waals surface area contributed by atoms with E-state index in [1.807, 2.05) is 0 Å². The molecule has 3 aromatic rings. The van der Waals surface area contributed by atoms with Gasteiger partial charge in [0.25, 0.3) is 5.91 Å². The number of hydrogen-bond donors (Lipinski definition) is 1. The Labute approximate surface area is 195 Å². The van der Waals surface area contributed by atoms with Crippen LogP contribution in [-0.4, -0.2) is 39.4 Å². The van der Waals surface area contributed by atoms with E-state index in [4.69, 9.17) is 30.5 Å². The predicted molar refractivity (Wildman–Crippen MR) is 124 cm³/mol. The van der Waals surface area contributed by atoms with Gasteiger partial charge in [0.15, 0.2) is 23.0 Å². The van der Waals surface area contributed by atoms with Crippen molar-refractivity contribution in [3.05, 3.63) is 82.4 Å². The molecule has 0 heterocycles. The summed E-state index contributed by atoms with van der Waals surface area (Å²) in [4.78, 5) is 24.8. The van der Waals surface area contributed by atoms with Crippen LogP contribution < -0.4 is 24.4 Å². The maximum absolute atomic E-state index is 12.4. The van der Waals surface area contributed by atoms with E-state index in [-0.39, 0.29) is 16.3 Å². The van der Waals surface area contributed by atoms with Gasteiger partial charge in [-0.25, -0.2) is 10.2 Å². The second-order valence-electron chi connectivity index (χ2n) is 6.55. The Balaban J connectivity index is 1.69. The Morgan fingerprint density at radius 2 is 1.52 bits per heavy atom. The molecule has 0 bridgehead atoms. The van der Waals surface area contributed by atoms with Crippen LogP contribution in [0.4, 0.5) is 0 Å². The molecule has 0 radical (unpaired) electrons. The summed E-state index contributed by atoms with van der Waals surface area (Å²) in [5.41, 5.74) is 3.64. The molecule has 0 aliphatic rings. The number of benzene rings is 3. The summed E-state index contributed by atoms with van der Waals surface area (Å²) >= 11 is 6.05. The summed E-state index contributed by atoms with van der Waals surface area (Å²) in [6.45, 7) is 0. The van der Waals surface area contributed by atoms with E-state index in [0.29, 0.717) is 28.4 Å². The number of nitrogens with zero attached hydrogens (tertiary/aromatic N) is 1. The molecule has 8 nitrogen and oxygen atoms in total. The number of nitrogens with one attached hydrogen (secondary N) is 1. The number of carbonyl (C=O) groups excluding carboxylic acids is 2. The first-order chi connectivity index (χ1) is 16.0. The Bertz CT molecular complexity index is 1200. The van der Waals surface area contributed by atoms with Crippen LogP contribution in [0, 0.1) is 0 Å². The topological polar surface area (TPSA) is 95.5 Å². The van der Waals surface area contributed by atoms with Gasteiger partial charge in [0.2, 0.25) is 0 Å². The first kappa shape index (κ1) is 23.6. The van der Waals surface area contributed by atoms with Gasteiger partial charge >= 0.3 is 5.97 Å². The van der Waals surface area contributed by atoms with Crippen molar-refractivity contribution in [3.63, 3.8) is 0 Å². The summed E-state index contributed by atoms with van der Waals surface area (Å²) < 4.78 is 21.1. The van der Waals surface area contributed by atoms with Crippen molar-refractivity contribution in [2.24, 2.45) is 5.10 Å². The van der Waals surface area contributed by atoms with E-state index in [0.717, 1.165) is 0 Å². The molecule has 0 unspecified atom stereocenters. The molecule has 9 heteroatoms. The first-order valence-corrected chi connectivity index (χ1v) is 10.0. The third kappa shape index (κ3) is 5.81. The number of esters is 1. The van der Waals surface area contributed by atoms with Crippen LogP contribution in [0.5, 0.6) is 23.0 Å². The van der Waals surface area contributed by atoms with E-state index in [9.17, 15) is 9.59 Å². The second-order valence-corrected chi connectivity index (χ2v) is 6.96. The predicted octanol–water partition coefficient (Wildman–Crippen LogP) is 4.35. The molecule has 1 amide bonds. The van der Waals surface area contributed by atoms with E-state index >= 15 is 0 Å². The maximum Gasteiger partial charge on any atom is 0.345 e. The molecule has 0 aromatic heterocycles. The van der Waals surface area contributed by atoms with Crippen LogP contribution >= 0.6 is 11.6 Å². The van der Waals surface area contributed by atoms with Crippen molar-refractivity contribution in [2.45, 2.75) is 0 Å². The van der Waals surface area contributed by atoms with E-state index < -0.39 is 11.9 Å². The molecule has 0 fully saturated rings. The van der Waals surface area contributed by atoms with Crippen molar-refractivity contribution < 1.29 is 28.5 Å². The van der Waals surface area contributed by atoms with Crippen LogP contribution in [0.3, 0.4) is 0 Å². The number of carbonyl (C=O) groups is 2. The number of amides is 1. The van der Waals surface area contributed by atoms with Gasteiger partial charge < -0.3 is 18.9 Å². The van der Waals surface area contributed by atoms with E-state index in [1.165, 1.54) is 27.5 Å². The van der Waals surface area contributed by atoms with Crippen LogP contribution in [0.1, 0.15) is 26.3 Å². The fourth-order valence-corrected chi connectivity index (χ4v) is 3.05. The molecule has 1 N–H and O–H groups in total. The van der Waals surface area contributed by atoms with E-state index in [1.54, 1.807) is 60.7 Å². The largest absolute Gasteiger partial charge is 0.493 e. The molecule has 0 saturated heterocycles. The standard InChI is InChI=1S/C24H21ClN2O6/c1-30-19-11-9-16(13-22(19)32-3)23(28)27-26-14-15-8-10-20(21(12-15)31-2)33-24(29)17-6-4-5-7-18(17)25/h4-14H,1-3H3,(H,27,28)/b26-14-. The Morgan fingerprint density at radius 3 is 2.21 bits per heavy atom. The van der Waals surface area contributed by atoms with Crippen molar-refractivity contribution in [1.29, 1.82) is 0 Å². The van der Waals surface area contributed by atoms with Gasteiger partial charge in [-0.05, 0) is 54.1 Å². The van der Waals surface area contributed by atoms with Crippen molar-refractivity contribution in [1.82, 2.24) is 5.43 Å². The lowest BCUT2D eigenvalue weighted by atomic mass is 10.2. The summed E-state index contributed by atoms with van der Waals surface area (Å²) in [5.74, 6) is 0.437. The third-order valence-corrected chi connectivity index (χ3v) is 4.84. The highest BCUT2D eigenvalue weighted by atomic mass is 35.5. The Hall–Kier alpha value is -4.04. The summed E-state index contributed by atoms with van der Waals surface area (Å²) in [6, 6.07) is 16.2. The average Bonchev–Trinajstić information content (AvgIpc) is 2.84. The van der Waals surface area contributed by atoms with Gasteiger partial charge in [0.1, 0.15) is 0 Å². The molecule has 0 aliphatic heterocycles. The number of hydrazone groups is 1. The number of halogens is 1. The second kappa shape index (κ2) is 11.0. The molecule has 0 spiro atoms. The van der Waals surface area contributed by atoms with Crippen LogP contribution in [0.15, 0.2) is 65.8 Å². The lowest BCUT2D eigenvalue weighted by Crippen LogP contribution is -2.17. The lowest BCUT2D eigenvalue weighted by Gasteiger charge is -2.10. The van der Waals surface area contributed by atoms with Gasteiger partial charge in [-0.1, -0.05) is 23.7 Å². The zero-order chi connectivity index (χ0) is 23.8. The highest BCUT2D eigenvalue weighted by Gasteiger charge is 2.15. The number of hydrogen-bond acceptors (Lipinski definition) is 7. The van der Waals surface area contributed by atoms with Gasteiger partial charge in [-0.15, -0.1) is 0 Å². The SMILES string of the molecule is COc1ccc(C(=O)N/N=C\c2ccc(OC(=O)c3ccccc3Cl)c(OC)c2)cc1OC. The monoisotopic (exact) mass is 468 g/mol. The van der Waals surface area contributed by atoms with Crippen molar-refractivity contribution >= 4 is 29.7 Å². The molecule has 33 heavy (non-hydrogen) atoms. The molecule has 0 aliphatic carbocycles. The average molecular weight is 469 g/mol. The summed E-state index contributed by atoms with van der Waals surface area (Å²) in [7, 11) is 4.45. The zero-order valence-corrected chi connectivity index (χ0v) is 18.9. The summed E-state index contributed by atoms with van der Waals surface area (Å²) in [5, 5.41) is 4.25. The van der Waals surface area contributed by atoms with Crippen LogP contribution in [0.2, 0.25) is 5.02 Å². The molecule has 0 saturated carbocycles. The van der Waals surface area contributed by atoms with Gasteiger partial charge in [0, 0.05) is 5.56 Å². The zero-order valence-electron chi connectivity index (χ0n) is 18.1. The minimum absolute atomic E-state index is 0.217. The fraction of sp³-hybridized carbons (Fsp3) is 0.125. The highest BCUT2D eigenvalue weighted by molar-refractivity contribution is 6.33. The van der Waals surface area contributed by atoms with Gasteiger partial charge in [-0.2, -0.15) is 5.10 Å². The minimum atomic E-state index is -0.609. The number of methoxy groups -OCH3 is 3. The Morgan fingerprint density at radius 1 is 0.848 bits per heavy atom. The van der Waals surface area contributed by atoms with Crippen LogP contribution in [0.25, 0.3) is 0 Å². The molecular weight excluding hydrogens is 448 g/mol. The maximum atomic E-state index is 12.4. The van der Waals surface area contributed by atoms with Gasteiger partial charge in [-0.3, -0.25) is 4.79 Å². The quantitative estimate of drug-likeness (QED) is 0.228. The minimum Gasteiger partial charge on any atom is -0.493 e. The van der Waals surface area contributed by atoms with Crippen molar-refractivity contribution in [2.75, 3.05) is 21.3 Å². The molecule has 0 atom stereocenters. The third-order valence-electron chi connectivity index (χ3n) is 4.51.